The Bertz CT molecular complexity index is 1170. The lowest BCUT2D eigenvalue weighted by Gasteiger charge is -2.32. The van der Waals surface area contributed by atoms with Crippen LogP contribution in [-0.2, 0) is 24.8 Å². The van der Waals surface area contributed by atoms with E-state index in [-0.39, 0.29) is 17.9 Å². The molecule has 8 nitrogen and oxygen atoms in total. The van der Waals surface area contributed by atoms with Crippen molar-refractivity contribution in [3.63, 3.8) is 0 Å². The number of H-pyrrole nitrogens is 1. The summed E-state index contributed by atoms with van der Waals surface area (Å²) < 4.78 is 1.68. The number of aromatic amines is 1. The van der Waals surface area contributed by atoms with Gasteiger partial charge in [0, 0.05) is 62.8 Å². The molecular formula is C24H32N6O2. The summed E-state index contributed by atoms with van der Waals surface area (Å²) in [5, 5.41) is 8.30. The number of likely N-dealkylation sites (N-methyl/N-ethyl adjacent to an activating group) is 1. The van der Waals surface area contributed by atoms with Gasteiger partial charge in [-0.25, -0.2) is 0 Å². The number of pyridine rings is 1. The van der Waals surface area contributed by atoms with E-state index >= 15 is 0 Å². The average Bonchev–Trinajstić information content (AvgIpc) is 3.04. The number of aryl methyl sites for hydroxylation is 3. The number of carbonyl (C=O) groups excluding carboxylic acids is 1. The monoisotopic (exact) mass is 436 g/mol. The lowest BCUT2D eigenvalue weighted by Crippen LogP contribution is -2.43. The van der Waals surface area contributed by atoms with Crippen LogP contribution in [0.1, 0.15) is 28.8 Å². The fourth-order valence-corrected chi connectivity index (χ4v) is 4.48. The Labute approximate surface area is 188 Å². The highest BCUT2D eigenvalue weighted by atomic mass is 16.1. The molecule has 1 saturated heterocycles. The molecule has 170 valence electrons. The molecule has 0 radical (unpaired) electrons. The molecule has 3 aromatic rings. The molecule has 8 heteroatoms. The van der Waals surface area contributed by atoms with Gasteiger partial charge in [0.05, 0.1) is 5.69 Å². The van der Waals surface area contributed by atoms with Gasteiger partial charge in [0.2, 0.25) is 5.91 Å². The summed E-state index contributed by atoms with van der Waals surface area (Å²) >= 11 is 0. The minimum absolute atomic E-state index is 0.0985. The number of amides is 1. The van der Waals surface area contributed by atoms with Gasteiger partial charge in [0.1, 0.15) is 5.65 Å². The summed E-state index contributed by atoms with van der Waals surface area (Å²) in [6.45, 7) is 9.15. The molecule has 32 heavy (non-hydrogen) atoms. The fourth-order valence-electron chi connectivity index (χ4n) is 4.48. The molecule has 1 aliphatic rings. The first kappa shape index (κ1) is 22.2. The van der Waals surface area contributed by atoms with Crippen molar-refractivity contribution < 1.29 is 4.79 Å². The topological polar surface area (TPSA) is 86.3 Å². The molecule has 4 rings (SSSR count). The lowest BCUT2D eigenvalue weighted by molar-refractivity contribution is -0.116. The van der Waals surface area contributed by atoms with Crippen molar-refractivity contribution in [1.82, 2.24) is 24.6 Å². The third kappa shape index (κ3) is 4.76. The van der Waals surface area contributed by atoms with E-state index in [0.717, 1.165) is 60.7 Å². The molecule has 1 amide bonds. The van der Waals surface area contributed by atoms with E-state index in [1.54, 1.807) is 4.68 Å². The Morgan fingerprint density at radius 1 is 1.09 bits per heavy atom. The number of rotatable bonds is 6. The minimum Gasteiger partial charge on any atom is -0.326 e. The predicted octanol–water partition coefficient (Wildman–Crippen LogP) is 2.20. The maximum Gasteiger partial charge on any atom is 0.253 e. The second-order valence-electron chi connectivity index (χ2n) is 8.81. The van der Waals surface area contributed by atoms with Crippen LogP contribution in [0, 0.1) is 13.8 Å². The van der Waals surface area contributed by atoms with Crippen LogP contribution in [0.2, 0.25) is 0 Å². The van der Waals surface area contributed by atoms with Gasteiger partial charge in [-0.1, -0.05) is 12.1 Å². The van der Waals surface area contributed by atoms with E-state index in [1.807, 2.05) is 33.0 Å². The van der Waals surface area contributed by atoms with Crippen LogP contribution in [0.4, 0.5) is 5.69 Å². The molecule has 0 unspecified atom stereocenters. The number of hydrogen-bond acceptors (Lipinski definition) is 5. The maximum atomic E-state index is 12.6. The summed E-state index contributed by atoms with van der Waals surface area (Å²) in [4.78, 5) is 32.8. The van der Waals surface area contributed by atoms with Gasteiger partial charge in [-0.3, -0.25) is 19.2 Å². The summed E-state index contributed by atoms with van der Waals surface area (Å²) in [5.41, 5.74) is 5.00. The SMILES string of the molecule is Cc1nn(C)c2[nH]c(=O)c(CCC(=O)Nc3ccc(CN4CCN(C)CC4)cc3)c(C)c12. The third-order valence-electron chi connectivity index (χ3n) is 6.40. The number of piperazine rings is 1. The highest BCUT2D eigenvalue weighted by Crippen LogP contribution is 2.21. The van der Waals surface area contributed by atoms with Crippen LogP contribution in [-0.4, -0.2) is 63.7 Å². The Kier molecular flexibility index (Phi) is 6.43. The zero-order valence-electron chi connectivity index (χ0n) is 19.4. The second kappa shape index (κ2) is 9.26. The lowest BCUT2D eigenvalue weighted by atomic mass is 10.0. The van der Waals surface area contributed by atoms with Crippen LogP contribution in [0.25, 0.3) is 11.0 Å². The van der Waals surface area contributed by atoms with Crippen LogP contribution < -0.4 is 10.9 Å². The first-order chi connectivity index (χ1) is 15.3. The molecular weight excluding hydrogens is 404 g/mol. The predicted molar refractivity (Wildman–Crippen MR) is 127 cm³/mol. The van der Waals surface area contributed by atoms with Crippen LogP contribution in [0.5, 0.6) is 0 Å². The van der Waals surface area contributed by atoms with Gasteiger partial charge in [-0.05, 0) is 50.6 Å². The Morgan fingerprint density at radius 3 is 2.47 bits per heavy atom. The number of nitrogens with one attached hydrogen (secondary N) is 2. The highest BCUT2D eigenvalue weighted by molar-refractivity contribution is 5.91. The highest BCUT2D eigenvalue weighted by Gasteiger charge is 2.16. The number of anilines is 1. The molecule has 1 fully saturated rings. The molecule has 3 heterocycles. The quantitative estimate of drug-likeness (QED) is 0.619. The van der Waals surface area contributed by atoms with Gasteiger partial charge in [0.25, 0.3) is 5.56 Å². The van der Waals surface area contributed by atoms with Crippen molar-refractivity contribution in [2.75, 3.05) is 38.5 Å². The number of benzene rings is 1. The van der Waals surface area contributed by atoms with Gasteiger partial charge in [-0.15, -0.1) is 0 Å². The fraction of sp³-hybridized carbons (Fsp3) is 0.458. The first-order valence-corrected chi connectivity index (χ1v) is 11.2. The van der Waals surface area contributed by atoms with Crippen molar-refractivity contribution >= 4 is 22.6 Å². The largest absolute Gasteiger partial charge is 0.326 e. The molecule has 2 aromatic heterocycles. The standard InChI is InChI=1S/C24H32N6O2/c1-16-20(24(32)26-23-22(16)17(2)27-29(23)4)9-10-21(31)25-19-7-5-18(6-8-19)15-30-13-11-28(3)12-14-30/h5-8H,9-15H2,1-4H3,(H,25,31)(H,26,32). The molecule has 0 bridgehead atoms. The van der Waals surface area contributed by atoms with Crippen molar-refractivity contribution in [2.24, 2.45) is 7.05 Å². The van der Waals surface area contributed by atoms with E-state index in [1.165, 1.54) is 5.56 Å². The summed E-state index contributed by atoms with van der Waals surface area (Å²) in [6, 6.07) is 8.04. The molecule has 1 aromatic carbocycles. The zero-order valence-corrected chi connectivity index (χ0v) is 19.4. The molecule has 2 N–H and O–H groups in total. The van der Waals surface area contributed by atoms with Crippen molar-refractivity contribution in [3.8, 4) is 0 Å². The van der Waals surface area contributed by atoms with Gasteiger partial charge < -0.3 is 15.2 Å². The molecule has 1 aliphatic heterocycles. The second-order valence-corrected chi connectivity index (χ2v) is 8.81. The van der Waals surface area contributed by atoms with Crippen molar-refractivity contribution in [3.05, 3.63) is 57.0 Å². The van der Waals surface area contributed by atoms with Crippen LogP contribution in [0.15, 0.2) is 29.1 Å². The Hall–Kier alpha value is -2.97. The molecule has 0 aliphatic carbocycles. The maximum absolute atomic E-state index is 12.6. The van der Waals surface area contributed by atoms with Gasteiger partial charge in [-0.2, -0.15) is 5.10 Å². The Morgan fingerprint density at radius 2 is 1.78 bits per heavy atom. The number of hydrogen-bond donors (Lipinski definition) is 2. The van der Waals surface area contributed by atoms with Crippen molar-refractivity contribution in [2.45, 2.75) is 33.2 Å². The number of carbonyl (C=O) groups is 1. The Balaban J connectivity index is 1.35. The van der Waals surface area contributed by atoms with E-state index in [2.05, 4.69) is 44.4 Å². The number of aromatic nitrogens is 3. The van der Waals surface area contributed by atoms with Crippen LogP contribution in [0.3, 0.4) is 0 Å². The van der Waals surface area contributed by atoms with E-state index in [9.17, 15) is 9.59 Å². The summed E-state index contributed by atoms with van der Waals surface area (Å²) in [7, 11) is 3.97. The summed E-state index contributed by atoms with van der Waals surface area (Å²) in [6.07, 6.45) is 0.635. The van der Waals surface area contributed by atoms with Crippen molar-refractivity contribution in [1.29, 1.82) is 0 Å². The van der Waals surface area contributed by atoms with Gasteiger partial charge >= 0.3 is 0 Å². The van der Waals surface area contributed by atoms with E-state index in [4.69, 9.17) is 0 Å². The smallest absolute Gasteiger partial charge is 0.253 e. The molecule has 0 spiro atoms. The van der Waals surface area contributed by atoms with Crippen LogP contribution >= 0.6 is 0 Å². The molecule has 0 atom stereocenters. The first-order valence-electron chi connectivity index (χ1n) is 11.2. The average molecular weight is 437 g/mol. The summed E-state index contributed by atoms with van der Waals surface area (Å²) in [5.74, 6) is -0.0985. The third-order valence-corrected chi connectivity index (χ3v) is 6.40. The molecule has 0 saturated carbocycles. The minimum atomic E-state index is -0.154. The van der Waals surface area contributed by atoms with E-state index in [0.29, 0.717) is 12.0 Å². The zero-order chi connectivity index (χ0) is 22.8. The number of nitrogens with zero attached hydrogens (tertiary/aromatic N) is 4. The van der Waals surface area contributed by atoms with Gasteiger partial charge in [0.15, 0.2) is 0 Å². The van der Waals surface area contributed by atoms with E-state index < -0.39 is 0 Å². The number of fused-ring (bicyclic) bond motifs is 1. The normalized spacial score (nSPS) is 15.4.